The Balaban J connectivity index is 2.22. The number of aromatic nitrogens is 1. The average Bonchev–Trinajstić information content (AvgIpc) is 2.75. The van der Waals surface area contributed by atoms with Gasteiger partial charge < -0.3 is 0 Å². The molecule has 1 aromatic carbocycles. The molecule has 1 nitrogen and oxygen atoms in total. The summed E-state index contributed by atoms with van der Waals surface area (Å²) < 4.78 is 0.926. The summed E-state index contributed by atoms with van der Waals surface area (Å²) in [5.41, 5.74) is 2.04. The van der Waals surface area contributed by atoms with Crippen molar-refractivity contribution in [2.75, 3.05) is 0 Å². The molecule has 78 valence electrons. The van der Waals surface area contributed by atoms with Crippen LogP contribution in [0.2, 0.25) is 0 Å². The molecular formula is C12H7NS3. The standard InChI is InChI=1S/C12H7NS3/c14-12-7-11(15-16-12)10-6-5-8-3-1-2-4-9(8)13-10/h1-7H. The van der Waals surface area contributed by atoms with Crippen LogP contribution in [0.4, 0.5) is 0 Å². The Kier molecular flexibility index (Phi) is 2.55. The van der Waals surface area contributed by atoms with Gasteiger partial charge in [-0.05, 0) is 18.2 Å². The number of nitrogens with zero attached hydrogens (tertiary/aromatic N) is 1. The first-order chi connectivity index (χ1) is 7.83. The lowest BCUT2D eigenvalue weighted by Crippen LogP contribution is -1.81. The number of hydrogen-bond acceptors (Lipinski definition) is 4. The molecule has 0 fully saturated rings. The lowest BCUT2D eigenvalue weighted by atomic mass is 10.2. The van der Waals surface area contributed by atoms with Crippen LogP contribution in [-0.2, 0) is 0 Å². The van der Waals surface area contributed by atoms with Gasteiger partial charge in [0.15, 0.2) is 0 Å². The van der Waals surface area contributed by atoms with Gasteiger partial charge in [-0.25, -0.2) is 4.98 Å². The Morgan fingerprint density at radius 3 is 2.69 bits per heavy atom. The maximum atomic E-state index is 5.13. The predicted molar refractivity (Wildman–Crippen MR) is 73.8 cm³/mol. The average molecular weight is 261 g/mol. The van der Waals surface area contributed by atoms with E-state index in [0.29, 0.717) is 0 Å². The van der Waals surface area contributed by atoms with Crippen molar-refractivity contribution in [1.82, 2.24) is 4.98 Å². The number of hydrogen-bond donors (Lipinski definition) is 0. The molecule has 0 saturated carbocycles. The molecule has 0 N–H and O–H groups in total. The third-order valence-electron chi connectivity index (χ3n) is 2.31. The van der Waals surface area contributed by atoms with Gasteiger partial charge >= 0.3 is 0 Å². The molecule has 3 aromatic rings. The van der Waals surface area contributed by atoms with Crippen LogP contribution >= 0.6 is 32.9 Å². The van der Waals surface area contributed by atoms with Crippen LogP contribution in [0.3, 0.4) is 0 Å². The van der Waals surface area contributed by atoms with Gasteiger partial charge in [-0.3, -0.25) is 0 Å². The number of benzene rings is 1. The Morgan fingerprint density at radius 1 is 1.00 bits per heavy atom. The third-order valence-corrected chi connectivity index (χ3v) is 5.20. The van der Waals surface area contributed by atoms with Crippen molar-refractivity contribution in [3.63, 3.8) is 0 Å². The summed E-state index contributed by atoms with van der Waals surface area (Å²) >= 11 is 5.13. The highest BCUT2D eigenvalue weighted by atomic mass is 32.9. The highest BCUT2D eigenvalue weighted by molar-refractivity contribution is 7.80. The van der Waals surface area contributed by atoms with Gasteiger partial charge in [0.25, 0.3) is 0 Å². The van der Waals surface area contributed by atoms with Crippen molar-refractivity contribution in [3.05, 3.63) is 46.3 Å². The predicted octanol–water partition coefficient (Wildman–Crippen LogP) is 4.75. The zero-order valence-corrected chi connectivity index (χ0v) is 10.7. The summed E-state index contributed by atoms with van der Waals surface area (Å²) in [6.45, 7) is 0. The smallest absolute Gasteiger partial charge is 0.102 e. The third kappa shape index (κ3) is 1.80. The maximum absolute atomic E-state index is 5.13. The molecule has 0 unspecified atom stereocenters. The van der Waals surface area contributed by atoms with E-state index in [2.05, 4.69) is 23.2 Å². The van der Waals surface area contributed by atoms with Gasteiger partial charge in [-0.2, -0.15) is 0 Å². The summed E-state index contributed by atoms with van der Waals surface area (Å²) in [6.07, 6.45) is 0. The van der Waals surface area contributed by atoms with Gasteiger partial charge in [-0.15, -0.1) is 0 Å². The van der Waals surface area contributed by atoms with E-state index in [1.165, 1.54) is 5.39 Å². The summed E-state index contributed by atoms with van der Waals surface area (Å²) in [5.74, 6) is 0. The number of pyridine rings is 1. The van der Waals surface area contributed by atoms with E-state index in [-0.39, 0.29) is 0 Å². The normalized spacial score (nSPS) is 10.8. The van der Waals surface area contributed by atoms with Crippen LogP contribution in [0.15, 0.2) is 42.5 Å². The van der Waals surface area contributed by atoms with Crippen molar-refractivity contribution in [2.45, 2.75) is 0 Å². The largest absolute Gasteiger partial charge is 0.247 e. The van der Waals surface area contributed by atoms with Gasteiger partial charge in [0, 0.05) is 5.39 Å². The second-order valence-corrected chi connectivity index (χ2v) is 6.29. The summed E-state index contributed by atoms with van der Waals surface area (Å²) in [7, 11) is 3.31. The zero-order chi connectivity index (χ0) is 11.0. The molecule has 2 aromatic heterocycles. The zero-order valence-electron chi connectivity index (χ0n) is 8.21. The molecule has 0 aliphatic carbocycles. The van der Waals surface area contributed by atoms with E-state index >= 15 is 0 Å². The first-order valence-electron chi connectivity index (χ1n) is 4.79. The minimum atomic E-state index is 0.926. The number of para-hydroxylation sites is 1. The number of fused-ring (bicyclic) bond motifs is 1. The molecule has 0 bridgehead atoms. The Labute approximate surface area is 105 Å². The molecule has 16 heavy (non-hydrogen) atoms. The summed E-state index contributed by atoms with van der Waals surface area (Å²) in [5, 5.41) is 1.17. The molecule has 4 heteroatoms. The molecule has 2 heterocycles. The molecule has 0 aliphatic heterocycles. The molecule has 0 spiro atoms. The number of rotatable bonds is 1. The summed E-state index contributed by atoms with van der Waals surface area (Å²) in [6, 6.07) is 14.3. The first kappa shape index (κ1) is 10.1. The van der Waals surface area contributed by atoms with Gasteiger partial charge in [-0.1, -0.05) is 57.2 Å². The minimum Gasteiger partial charge on any atom is -0.247 e. The minimum absolute atomic E-state index is 0.926. The van der Waals surface area contributed by atoms with Crippen LogP contribution in [0, 0.1) is 3.82 Å². The highest BCUT2D eigenvalue weighted by Crippen LogP contribution is 2.29. The van der Waals surface area contributed by atoms with Crippen molar-refractivity contribution in [2.24, 2.45) is 0 Å². The van der Waals surface area contributed by atoms with Crippen molar-refractivity contribution in [3.8, 4) is 10.6 Å². The second kappa shape index (κ2) is 4.05. The quantitative estimate of drug-likeness (QED) is 0.463. The van der Waals surface area contributed by atoms with E-state index < -0.39 is 0 Å². The fraction of sp³-hybridized carbons (Fsp3) is 0. The highest BCUT2D eigenvalue weighted by Gasteiger charge is 2.02. The molecule has 0 amide bonds. The summed E-state index contributed by atoms with van der Waals surface area (Å²) in [4.78, 5) is 5.78. The maximum Gasteiger partial charge on any atom is 0.102 e. The second-order valence-electron chi connectivity index (χ2n) is 3.38. The Morgan fingerprint density at radius 2 is 1.88 bits per heavy atom. The van der Waals surface area contributed by atoms with Crippen molar-refractivity contribution < 1.29 is 0 Å². The van der Waals surface area contributed by atoms with Crippen molar-refractivity contribution in [1.29, 1.82) is 0 Å². The molecule has 0 atom stereocenters. The van der Waals surface area contributed by atoms with Crippen molar-refractivity contribution >= 4 is 43.8 Å². The monoisotopic (exact) mass is 261 g/mol. The molecule has 0 radical (unpaired) electrons. The molecule has 0 aliphatic rings. The van der Waals surface area contributed by atoms with Crippen LogP contribution in [0.1, 0.15) is 0 Å². The fourth-order valence-electron chi connectivity index (χ4n) is 1.56. The van der Waals surface area contributed by atoms with Gasteiger partial charge in [0.2, 0.25) is 0 Å². The van der Waals surface area contributed by atoms with E-state index in [1.807, 2.05) is 24.3 Å². The Bertz CT molecular complexity index is 696. The van der Waals surface area contributed by atoms with Crippen LogP contribution in [0.25, 0.3) is 21.5 Å². The molecule has 0 saturated heterocycles. The Hall–Kier alpha value is -1.10. The lowest BCUT2D eigenvalue weighted by Gasteiger charge is -1.99. The fourth-order valence-corrected chi connectivity index (χ4v) is 3.90. The SMILES string of the molecule is S=c1cc(-c2ccc3ccccc3n2)ss1. The van der Waals surface area contributed by atoms with E-state index in [4.69, 9.17) is 12.2 Å². The van der Waals surface area contributed by atoms with Gasteiger partial charge in [0.05, 0.1) is 16.1 Å². The molecular weight excluding hydrogens is 254 g/mol. The van der Waals surface area contributed by atoms with E-state index in [0.717, 1.165) is 19.9 Å². The van der Waals surface area contributed by atoms with Gasteiger partial charge in [0.1, 0.15) is 3.82 Å². The van der Waals surface area contributed by atoms with Crippen LogP contribution in [-0.4, -0.2) is 4.98 Å². The lowest BCUT2D eigenvalue weighted by molar-refractivity contribution is 1.42. The first-order valence-corrected chi connectivity index (χ1v) is 7.35. The topological polar surface area (TPSA) is 12.9 Å². The van der Waals surface area contributed by atoms with Crippen LogP contribution < -0.4 is 0 Å². The van der Waals surface area contributed by atoms with E-state index in [1.54, 1.807) is 20.7 Å². The van der Waals surface area contributed by atoms with Crippen LogP contribution in [0.5, 0.6) is 0 Å². The molecule has 3 rings (SSSR count). The van der Waals surface area contributed by atoms with E-state index in [9.17, 15) is 0 Å².